The number of aromatic nitrogens is 2. The average Bonchev–Trinajstić information content (AvgIpc) is 2.59. The van der Waals surface area contributed by atoms with Gasteiger partial charge in [0.25, 0.3) is 0 Å². The molecule has 0 aromatic carbocycles. The molecule has 2 rings (SSSR count). The summed E-state index contributed by atoms with van der Waals surface area (Å²) >= 11 is 1.78. The standard InChI is InChI=1S/C10H12N2S/c1-3-7(2)10-12-8-6-11-5-4-9(8)13-10/h4-7H,3H2,1-2H3. The van der Waals surface area contributed by atoms with Gasteiger partial charge in [-0.05, 0) is 12.5 Å². The van der Waals surface area contributed by atoms with Crippen LogP contribution in [-0.4, -0.2) is 9.97 Å². The van der Waals surface area contributed by atoms with Crippen LogP contribution in [0.4, 0.5) is 0 Å². The molecule has 1 unspecified atom stereocenters. The molecule has 0 saturated heterocycles. The van der Waals surface area contributed by atoms with Crippen molar-refractivity contribution in [3.05, 3.63) is 23.5 Å². The molecule has 0 aliphatic rings. The molecule has 0 amide bonds. The molecule has 3 heteroatoms. The predicted octanol–water partition coefficient (Wildman–Crippen LogP) is 3.20. The summed E-state index contributed by atoms with van der Waals surface area (Å²) in [7, 11) is 0. The summed E-state index contributed by atoms with van der Waals surface area (Å²) in [6.07, 6.45) is 4.80. The van der Waals surface area contributed by atoms with E-state index in [0.717, 1.165) is 11.9 Å². The second-order valence-corrected chi connectivity index (χ2v) is 4.27. The number of hydrogen-bond acceptors (Lipinski definition) is 3. The van der Waals surface area contributed by atoms with E-state index in [9.17, 15) is 0 Å². The first-order valence-electron chi connectivity index (χ1n) is 4.51. The third-order valence-corrected chi connectivity index (χ3v) is 3.51. The molecule has 0 radical (unpaired) electrons. The van der Waals surface area contributed by atoms with Crippen LogP contribution in [0.1, 0.15) is 31.2 Å². The van der Waals surface area contributed by atoms with Crippen molar-refractivity contribution in [3.8, 4) is 0 Å². The highest BCUT2D eigenvalue weighted by Gasteiger charge is 2.08. The van der Waals surface area contributed by atoms with Crippen molar-refractivity contribution in [1.82, 2.24) is 9.97 Å². The van der Waals surface area contributed by atoms with E-state index in [0.29, 0.717) is 5.92 Å². The van der Waals surface area contributed by atoms with Crippen LogP contribution in [-0.2, 0) is 0 Å². The number of hydrogen-bond donors (Lipinski definition) is 0. The van der Waals surface area contributed by atoms with Crippen molar-refractivity contribution in [3.63, 3.8) is 0 Å². The van der Waals surface area contributed by atoms with Crippen LogP contribution in [0, 0.1) is 0 Å². The molecular weight excluding hydrogens is 180 g/mol. The normalized spacial score (nSPS) is 13.4. The van der Waals surface area contributed by atoms with E-state index in [2.05, 4.69) is 23.8 Å². The first-order chi connectivity index (χ1) is 6.31. The van der Waals surface area contributed by atoms with Crippen LogP contribution in [0.5, 0.6) is 0 Å². The van der Waals surface area contributed by atoms with Crippen LogP contribution < -0.4 is 0 Å². The minimum atomic E-state index is 0.567. The van der Waals surface area contributed by atoms with Gasteiger partial charge in [0, 0.05) is 12.1 Å². The maximum Gasteiger partial charge on any atom is 0.0998 e. The summed E-state index contributed by atoms with van der Waals surface area (Å²) in [5.41, 5.74) is 1.03. The molecule has 0 bridgehead atoms. The summed E-state index contributed by atoms with van der Waals surface area (Å²) in [5, 5.41) is 1.23. The number of nitrogens with zero attached hydrogens (tertiary/aromatic N) is 2. The summed E-state index contributed by atoms with van der Waals surface area (Å²) in [6.45, 7) is 4.40. The Hall–Kier alpha value is -0.960. The molecule has 13 heavy (non-hydrogen) atoms. The topological polar surface area (TPSA) is 25.8 Å². The maximum atomic E-state index is 4.54. The van der Waals surface area contributed by atoms with Crippen molar-refractivity contribution in [2.24, 2.45) is 0 Å². The molecular formula is C10H12N2S. The van der Waals surface area contributed by atoms with Gasteiger partial charge in [-0.15, -0.1) is 11.3 Å². The number of thiazole rings is 1. The van der Waals surface area contributed by atoms with Crippen molar-refractivity contribution in [2.45, 2.75) is 26.2 Å². The Morgan fingerprint density at radius 2 is 2.38 bits per heavy atom. The number of fused-ring (bicyclic) bond motifs is 1. The van der Waals surface area contributed by atoms with Gasteiger partial charge in [0.05, 0.1) is 21.4 Å². The second kappa shape index (κ2) is 3.42. The molecule has 2 nitrogen and oxygen atoms in total. The van der Waals surface area contributed by atoms with Crippen molar-refractivity contribution in [1.29, 1.82) is 0 Å². The zero-order valence-corrected chi connectivity index (χ0v) is 8.64. The van der Waals surface area contributed by atoms with Gasteiger partial charge in [0.1, 0.15) is 0 Å². The molecule has 1 atom stereocenters. The quantitative estimate of drug-likeness (QED) is 0.730. The van der Waals surface area contributed by atoms with Crippen molar-refractivity contribution >= 4 is 21.6 Å². The fraction of sp³-hybridized carbons (Fsp3) is 0.400. The highest BCUT2D eigenvalue weighted by molar-refractivity contribution is 7.18. The van der Waals surface area contributed by atoms with E-state index in [1.54, 1.807) is 11.3 Å². The lowest BCUT2D eigenvalue weighted by Crippen LogP contribution is -1.88. The predicted molar refractivity (Wildman–Crippen MR) is 56.1 cm³/mol. The summed E-state index contributed by atoms with van der Waals surface area (Å²) in [5.74, 6) is 0.567. The van der Waals surface area contributed by atoms with E-state index in [4.69, 9.17) is 0 Å². The van der Waals surface area contributed by atoms with Gasteiger partial charge < -0.3 is 0 Å². The Labute approximate surface area is 81.7 Å². The lowest BCUT2D eigenvalue weighted by Gasteiger charge is -2.00. The molecule has 0 fully saturated rings. The highest BCUT2D eigenvalue weighted by Crippen LogP contribution is 2.27. The third kappa shape index (κ3) is 1.56. The van der Waals surface area contributed by atoms with Gasteiger partial charge in [0.15, 0.2) is 0 Å². The minimum Gasteiger partial charge on any atom is -0.262 e. The van der Waals surface area contributed by atoms with Crippen LogP contribution in [0.25, 0.3) is 10.2 Å². The lowest BCUT2D eigenvalue weighted by molar-refractivity contribution is 0.729. The maximum absolute atomic E-state index is 4.54. The Morgan fingerprint density at radius 1 is 1.54 bits per heavy atom. The van der Waals surface area contributed by atoms with E-state index in [1.807, 2.05) is 18.5 Å². The molecule has 0 aliphatic heterocycles. The first-order valence-corrected chi connectivity index (χ1v) is 5.33. The Kier molecular flexibility index (Phi) is 2.27. The van der Waals surface area contributed by atoms with Gasteiger partial charge in [-0.1, -0.05) is 13.8 Å². The molecule has 0 spiro atoms. The van der Waals surface area contributed by atoms with E-state index >= 15 is 0 Å². The lowest BCUT2D eigenvalue weighted by atomic mass is 10.1. The monoisotopic (exact) mass is 192 g/mol. The van der Waals surface area contributed by atoms with Crippen LogP contribution in [0.15, 0.2) is 18.5 Å². The summed E-state index contributed by atoms with van der Waals surface area (Å²) in [6, 6.07) is 2.03. The number of rotatable bonds is 2. The molecule has 0 aliphatic carbocycles. The SMILES string of the molecule is CCC(C)c1nc2cnccc2s1. The molecule has 0 N–H and O–H groups in total. The first kappa shape index (κ1) is 8.63. The van der Waals surface area contributed by atoms with Gasteiger partial charge in [-0.25, -0.2) is 4.98 Å². The van der Waals surface area contributed by atoms with Crippen LogP contribution in [0.3, 0.4) is 0 Å². The molecule has 68 valence electrons. The highest BCUT2D eigenvalue weighted by atomic mass is 32.1. The van der Waals surface area contributed by atoms with Crippen LogP contribution >= 0.6 is 11.3 Å². The number of pyridine rings is 1. The summed E-state index contributed by atoms with van der Waals surface area (Å²) < 4.78 is 1.24. The molecule has 2 aromatic rings. The zero-order chi connectivity index (χ0) is 9.26. The summed E-state index contributed by atoms with van der Waals surface area (Å²) in [4.78, 5) is 8.60. The molecule has 2 aromatic heterocycles. The van der Waals surface area contributed by atoms with Gasteiger partial charge >= 0.3 is 0 Å². The van der Waals surface area contributed by atoms with Gasteiger partial charge in [-0.3, -0.25) is 4.98 Å². The minimum absolute atomic E-state index is 0.567. The molecule has 2 heterocycles. The van der Waals surface area contributed by atoms with E-state index in [-0.39, 0.29) is 0 Å². The van der Waals surface area contributed by atoms with Gasteiger partial charge in [-0.2, -0.15) is 0 Å². The second-order valence-electron chi connectivity index (χ2n) is 3.20. The Bertz CT molecular complexity index is 375. The van der Waals surface area contributed by atoms with Crippen LogP contribution in [0.2, 0.25) is 0 Å². The average molecular weight is 192 g/mol. The largest absolute Gasteiger partial charge is 0.262 e. The molecule has 0 saturated carbocycles. The third-order valence-electron chi connectivity index (χ3n) is 2.24. The zero-order valence-electron chi connectivity index (χ0n) is 7.82. The van der Waals surface area contributed by atoms with Gasteiger partial charge in [0.2, 0.25) is 0 Å². The van der Waals surface area contributed by atoms with E-state index < -0.39 is 0 Å². The fourth-order valence-corrected chi connectivity index (χ4v) is 2.25. The smallest absolute Gasteiger partial charge is 0.0998 e. The van der Waals surface area contributed by atoms with E-state index in [1.165, 1.54) is 9.71 Å². The Balaban J connectivity index is 2.49. The van der Waals surface area contributed by atoms with Crippen molar-refractivity contribution < 1.29 is 0 Å². The Morgan fingerprint density at radius 3 is 3.08 bits per heavy atom. The van der Waals surface area contributed by atoms with Crippen molar-refractivity contribution in [2.75, 3.05) is 0 Å². The fourth-order valence-electron chi connectivity index (χ4n) is 1.18.